The average Bonchev–Trinajstić information content (AvgIpc) is 3.52. The second-order valence-electron chi connectivity index (χ2n) is 9.58. The molecule has 4 nitrogen and oxygen atoms in total. The molecule has 5 rings (SSSR count). The van der Waals surface area contributed by atoms with Crippen molar-refractivity contribution < 1.29 is 13.6 Å². The van der Waals surface area contributed by atoms with Gasteiger partial charge in [-0.1, -0.05) is 42.5 Å². The Hall–Kier alpha value is -3.22. The molecule has 1 aliphatic heterocycles. The molecule has 0 bridgehead atoms. The summed E-state index contributed by atoms with van der Waals surface area (Å²) in [6, 6.07) is 20.8. The number of aryl methyl sites for hydroxylation is 1. The van der Waals surface area contributed by atoms with Gasteiger partial charge in [-0.3, -0.25) is 9.69 Å². The summed E-state index contributed by atoms with van der Waals surface area (Å²) in [5.74, 6) is 0.413. The number of carbonyl (C=O) groups excluding carboxylic acids is 1. The number of hydrogen-bond donors (Lipinski definition) is 1. The number of nitrogens with zero attached hydrogens (tertiary/aromatic N) is 1. The largest absolute Gasteiger partial charge is 0.459 e. The topological polar surface area (TPSA) is 45.5 Å². The second-order valence-corrected chi connectivity index (χ2v) is 10.8. The third-order valence-electron chi connectivity index (χ3n) is 7.24. The van der Waals surface area contributed by atoms with Crippen LogP contribution >= 0.6 is 11.3 Å². The van der Waals surface area contributed by atoms with Gasteiger partial charge in [0.15, 0.2) is 5.76 Å². The summed E-state index contributed by atoms with van der Waals surface area (Å²) >= 11 is 1.58. The van der Waals surface area contributed by atoms with E-state index in [1.54, 1.807) is 23.5 Å². The summed E-state index contributed by atoms with van der Waals surface area (Å²) in [5, 5.41) is 3.93. The summed E-state index contributed by atoms with van der Waals surface area (Å²) in [4.78, 5) is 16.5. The van der Waals surface area contributed by atoms with Crippen LogP contribution in [0.3, 0.4) is 0 Å². The smallest absolute Gasteiger partial charge is 0.291 e. The normalized spacial score (nSPS) is 15.6. The summed E-state index contributed by atoms with van der Waals surface area (Å²) in [5.41, 5.74) is 4.67. The van der Waals surface area contributed by atoms with Gasteiger partial charge in [0.2, 0.25) is 0 Å². The highest BCUT2D eigenvalue weighted by Gasteiger charge is 2.32. The third kappa shape index (κ3) is 5.30. The predicted molar refractivity (Wildman–Crippen MR) is 143 cm³/mol. The molecule has 1 atom stereocenters. The number of benzene rings is 2. The number of carbonyl (C=O) groups is 1. The van der Waals surface area contributed by atoms with Crippen molar-refractivity contribution in [2.24, 2.45) is 5.92 Å². The van der Waals surface area contributed by atoms with Gasteiger partial charge in [0.1, 0.15) is 10.8 Å². The molecule has 2 aromatic heterocycles. The van der Waals surface area contributed by atoms with Crippen molar-refractivity contribution in [1.82, 2.24) is 4.90 Å². The van der Waals surface area contributed by atoms with Gasteiger partial charge in [0, 0.05) is 10.4 Å². The molecule has 186 valence electrons. The molecule has 0 radical (unpaired) electrons. The Kier molecular flexibility index (Phi) is 7.35. The van der Waals surface area contributed by atoms with Crippen molar-refractivity contribution in [2.75, 3.05) is 18.4 Å². The zero-order valence-corrected chi connectivity index (χ0v) is 21.5. The van der Waals surface area contributed by atoms with Gasteiger partial charge in [0.05, 0.1) is 12.3 Å². The molecule has 1 amide bonds. The summed E-state index contributed by atoms with van der Waals surface area (Å²) < 4.78 is 19.2. The number of amides is 1. The van der Waals surface area contributed by atoms with Gasteiger partial charge in [-0.2, -0.15) is 0 Å². The molecule has 4 aromatic rings. The molecule has 1 aliphatic rings. The number of likely N-dealkylation sites (tertiary alicyclic amines) is 1. The van der Waals surface area contributed by atoms with E-state index in [4.69, 9.17) is 4.42 Å². The van der Waals surface area contributed by atoms with Crippen LogP contribution < -0.4 is 5.32 Å². The number of thiophene rings is 1. The first-order chi connectivity index (χ1) is 17.5. The van der Waals surface area contributed by atoms with Crippen LogP contribution in [0.1, 0.15) is 56.6 Å². The van der Waals surface area contributed by atoms with Crippen molar-refractivity contribution in [3.8, 4) is 0 Å². The molecule has 2 aromatic carbocycles. The molecule has 1 saturated heterocycles. The van der Waals surface area contributed by atoms with Gasteiger partial charge in [0.25, 0.3) is 5.91 Å². The number of rotatable bonds is 7. The molecule has 36 heavy (non-hydrogen) atoms. The highest BCUT2D eigenvalue weighted by Crippen LogP contribution is 2.43. The van der Waals surface area contributed by atoms with Crippen molar-refractivity contribution >= 4 is 22.2 Å². The van der Waals surface area contributed by atoms with E-state index >= 15 is 0 Å². The maximum Gasteiger partial charge on any atom is 0.291 e. The maximum atomic E-state index is 13.9. The minimum Gasteiger partial charge on any atom is -0.459 e. The average molecular weight is 503 g/mol. The Labute approximate surface area is 215 Å². The van der Waals surface area contributed by atoms with Crippen molar-refractivity contribution in [1.29, 1.82) is 0 Å². The first kappa shape index (κ1) is 24.5. The third-order valence-corrected chi connectivity index (χ3v) is 8.38. The lowest BCUT2D eigenvalue weighted by Gasteiger charge is -2.38. The highest BCUT2D eigenvalue weighted by atomic mass is 32.1. The van der Waals surface area contributed by atoms with E-state index in [1.165, 1.54) is 24.0 Å². The number of anilines is 1. The quantitative estimate of drug-likeness (QED) is 0.286. The van der Waals surface area contributed by atoms with Crippen LogP contribution in [0.25, 0.3) is 0 Å². The first-order valence-corrected chi connectivity index (χ1v) is 13.3. The molecule has 0 aliphatic carbocycles. The van der Waals surface area contributed by atoms with Crippen LogP contribution in [0, 0.1) is 25.6 Å². The van der Waals surface area contributed by atoms with Gasteiger partial charge in [-0.15, -0.1) is 11.3 Å². The minimum atomic E-state index is -0.262. The lowest BCUT2D eigenvalue weighted by atomic mass is 9.87. The fourth-order valence-electron chi connectivity index (χ4n) is 5.21. The van der Waals surface area contributed by atoms with Crippen molar-refractivity contribution in [3.05, 3.63) is 112 Å². The van der Waals surface area contributed by atoms with E-state index in [1.807, 2.05) is 12.1 Å². The minimum absolute atomic E-state index is 0.0693. The molecule has 0 unspecified atom stereocenters. The zero-order chi connectivity index (χ0) is 25.1. The summed E-state index contributed by atoms with van der Waals surface area (Å²) in [7, 11) is 0. The molecule has 0 saturated carbocycles. The van der Waals surface area contributed by atoms with E-state index in [9.17, 15) is 9.18 Å². The van der Waals surface area contributed by atoms with Gasteiger partial charge in [-0.25, -0.2) is 4.39 Å². The lowest BCUT2D eigenvalue weighted by molar-refractivity contribution is 0.0996. The Morgan fingerprint density at radius 3 is 2.44 bits per heavy atom. The molecule has 6 heteroatoms. The van der Waals surface area contributed by atoms with E-state index in [-0.39, 0.29) is 23.5 Å². The Balaban J connectivity index is 1.44. The van der Waals surface area contributed by atoms with Crippen LogP contribution in [0.4, 0.5) is 9.39 Å². The van der Waals surface area contributed by atoms with Gasteiger partial charge < -0.3 is 9.73 Å². The van der Waals surface area contributed by atoms with Crippen LogP contribution in [0.5, 0.6) is 0 Å². The van der Waals surface area contributed by atoms with E-state index in [0.29, 0.717) is 5.92 Å². The molecule has 1 N–H and O–H groups in total. The fourth-order valence-corrected chi connectivity index (χ4v) is 6.29. The van der Waals surface area contributed by atoms with Crippen LogP contribution in [0.15, 0.2) is 77.4 Å². The zero-order valence-electron chi connectivity index (χ0n) is 20.7. The van der Waals surface area contributed by atoms with E-state index in [0.717, 1.165) is 58.9 Å². The second kappa shape index (κ2) is 10.8. The van der Waals surface area contributed by atoms with Crippen molar-refractivity contribution in [2.45, 2.75) is 39.2 Å². The van der Waals surface area contributed by atoms with Gasteiger partial charge >= 0.3 is 0 Å². The number of nitrogens with one attached hydrogen (secondary N) is 1. The lowest BCUT2D eigenvalue weighted by Crippen LogP contribution is -2.38. The Morgan fingerprint density at radius 2 is 1.78 bits per heavy atom. The van der Waals surface area contributed by atoms with Crippen molar-refractivity contribution in [3.63, 3.8) is 0 Å². The molecule has 3 heterocycles. The van der Waals surface area contributed by atoms with E-state index in [2.05, 4.69) is 54.4 Å². The highest BCUT2D eigenvalue weighted by molar-refractivity contribution is 7.16. The number of piperidine rings is 1. The fraction of sp³-hybridized carbons (Fsp3) is 0.300. The van der Waals surface area contributed by atoms with Crippen LogP contribution in [0.2, 0.25) is 0 Å². The summed E-state index contributed by atoms with van der Waals surface area (Å²) in [6.45, 7) is 6.08. The monoisotopic (exact) mass is 502 g/mol. The molecule has 1 fully saturated rings. The van der Waals surface area contributed by atoms with Crippen LogP contribution in [-0.4, -0.2) is 23.9 Å². The molecular formula is C30H31FN2O2S. The van der Waals surface area contributed by atoms with Gasteiger partial charge in [-0.05, 0) is 93.1 Å². The SMILES string of the molecule is Cc1sc(NC(=O)c2ccco2)c([C@H](c2ccc(F)cc2)N2CCC(Cc3ccccc3)CC2)c1C. The number of halogens is 1. The number of furan rings is 1. The van der Waals surface area contributed by atoms with Crippen LogP contribution in [-0.2, 0) is 6.42 Å². The Bertz CT molecular complexity index is 1290. The maximum absolute atomic E-state index is 13.9. The Morgan fingerprint density at radius 1 is 1.06 bits per heavy atom. The number of hydrogen-bond acceptors (Lipinski definition) is 4. The van der Waals surface area contributed by atoms with E-state index < -0.39 is 0 Å². The standard InChI is InChI=1S/C30H31FN2O2S/c1-20-21(2)36-30(32-29(34)26-9-6-18-35-26)27(20)28(24-10-12-25(31)13-11-24)33-16-14-23(15-17-33)19-22-7-4-3-5-8-22/h3-13,18,23,28H,14-17,19H2,1-2H3,(H,32,34)/t28-/m0/s1. The molecular weight excluding hydrogens is 471 g/mol. The first-order valence-electron chi connectivity index (χ1n) is 12.5. The summed E-state index contributed by atoms with van der Waals surface area (Å²) in [6.07, 6.45) is 4.80. The predicted octanol–water partition coefficient (Wildman–Crippen LogP) is 7.39. The molecule has 0 spiro atoms.